The van der Waals surface area contributed by atoms with Crippen molar-refractivity contribution >= 4 is 5.69 Å². The Morgan fingerprint density at radius 3 is 2.63 bits per heavy atom. The van der Waals surface area contributed by atoms with Crippen LogP contribution in [0.4, 0.5) is 5.69 Å². The third kappa shape index (κ3) is 3.55. The Labute approximate surface area is 116 Å². The SMILES string of the molecule is COc1ccc(OC)c(NC2CCCC(C)(C)C2)c1. The Morgan fingerprint density at radius 2 is 2.00 bits per heavy atom. The van der Waals surface area contributed by atoms with Gasteiger partial charge in [-0.2, -0.15) is 0 Å². The van der Waals surface area contributed by atoms with Gasteiger partial charge < -0.3 is 14.8 Å². The molecule has 0 amide bonds. The second-order valence-electron chi connectivity index (χ2n) is 6.17. The van der Waals surface area contributed by atoms with E-state index in [2.05, 4.69) is 19.2 Å². The fraction of sp³-hybridized carbons (Fsp3) is 0.625. The molecular weight excluding hydrogens is 238 g/mol. The zero-order chi connectivity index (χ0) is 13.9. The van der Waals surface area contributed by atoms with Gasteiger partial charge in [0, 0.05) is 12.1 Å². The third-order valence-electron chi connectivity index (χ3n) is 3.97. The molecule has 3 heteroatoms. The van der Waals surface area contributed by atoms with Gasteiger partial charge in [0.25, 0.3) is 0 Å². The van der Waals surface area contributed by atoms with Gasteiger partial charge in [0.05, 0.1) is 19.9 Å². The summed E-state index contributed by atoms with van der Waals surface area (Å²) in [5, 5.41) is 3.63. The monoisotopic (exact) mass is 263 g/mol. The number of nitrogens with one attached hydrogen (secondary N) is 1. The van der Waals surface area contributed by atoms with Crippen molar-refractivity contribution in [2.45, 2.75) is 45.6 Å². The molecule has 0 saturated heterocycles. The topological polar surface area (TPSA) is 30.5 Å². The first-order valence-corrected chi connectivity index (χ1v) is 7.03. The molecule has 0 bridgehead atoms. The molecule has 106 valence electrons. The highest BCUT2D eigenvalue weighted by Crippen LogP contribution is 2.38. The highest BCUT2D eigenvalue weighted by atomic mass is 16.5. The van der Waals surface area contributed by atoms with Crippen LogP contribution in [0.2, 0.25) is 0 Å². The van der Waals surface area contributed by atoms with E-state index in [0.29, 0.717) is 11.5 Å². The number of ether oxygens (including phenoxy) is 2. The van der Waals surface area contributed by atoms with Crippen LogP contribution in [-0.2, 0) is 0 Å². The lowest BCUT2D eigenvalue weighted by Crippen LogP contribution is -2.31. The van der Waals surface area contributed by atoms with E-state index in [1.54, 1.807) is 14.2 Å². The lowest BCUT2D eigenvalue weighted by molar-refractivity contribution is 0.229. The Bertz CT molecular complexity index is 429. The molecule has 1 aromatic rings. The van der Waals surface area contributed by atoms with Gasteiger partial charge >= 0.3 is 0 Å². The van der Waals surface area contributed by atoms with Crippen molar-refractivity contribution in [1.82, 2.24) is 0 Å². The van der Waals surface area contributed by atoms with E-state index in [4.69, 9.17) is 9.47 Å². The Hall–Kier alpha value is -1.38. The fourth-order valence-electron chi connectivity index (χ4n) is 2.97. The summed E-state index contributed by atoms with van der Waals surface area (Å²) in [5.41, 5.74) is 1.46. The van der Waals surface area contributed by atoms with Crippen molar-refractivity contribution in [3.05, 3.63) is 18.2 Å². The van der Waals surface area contributed by atoms with Gasteiger partial charge in [0.2, 0.25) is 0 Å². The molecule has 0 heterocycles. The molecule has 2 rings (SSSR count). The minimum atomic E-state index is 0.433. The normalized spacial score (nSPS) is 21.8. The summed E-state index contributed by atoms with van der Waals surface area (Å²) in [6, 6.07) is 6.41. The Morgan fingerprint density at radius 1 is 1.21 bits per heavy atom. The maximum Gasteiger partial charge on any atom is 0.142 e. The lowest BCUT2D eigenvalue weighted by Gasteiger charge is -2.36. The number of anilines is 1. The van der Waals surface area contributed by atoms with E-state index in [1.165, 1.54) is 25.7 Å². The van der Waals surface area contributed by atoms with Crippen LogP contribution in [0.3, 0.4) is 0 Å². The van der Waals surface area contributed by atoms with Gasteiger partial charge in [0.15, 0.2) is 0 Å². The molecule has 3 nitrogen and oxygen atoms in total. The van der Waals surface area contributed by atoms with Crippen molar-refractivity contribution in [2.75, 3.05) is 19.5 Å². The number of methoxy groups -OCH3 is 2. The minimum Gasteiger partial charge on any atom is -0.497 e. The summed E-state index contributed by atoms with van der Waals surface area (Å²) >= 11 is 0. The summed E-state index contributed by atoms with van der Waals surface area (Å²) in [5.74, 6) is 1.74. The van der Waals surface area contributed by atoms with Crippen molar-refractivity contribution < 1.29 is 9.47 Å². The van der Waals surface area contributed by atoms with E-state index in [9.17, 15) is 0 Å². The number of hydrogen-bond acceptors (Lipinski definition) is 3. The van der Waals surface area contributed by atoms with Crippen molar-refractivity contribution in [1.29, 1.82) is 0 Å². The molecule has 1 saturated carbocycles. The number of hydrogen-bond donors (Lipinski definition) is 1. The van der Waals surface area contributed by atoms with E-state index in [1.807, 2.05) is 18.2 Å². The second-order valence-corrected chi connectivity index (χ2v) is 6.17. The first-order valence-electron chi connectivity index (χ1n) is 7.03. The predicted octanol–water partition coefficient (Wildman–Crippen LogP) is 4.08. The van der Waals surface area contributed by atoms with Gasteiger partial charge in [-0.05, 0) is 36.8 Å². The molecular formula is C16H25NO2. The van der Waals surface area contributed by atoms with Crippen LogP contribution in [0, 0.1) is 5.41 Å². The third-order valence-corrected chi connectivity index (χ3v) is 3.97. The summed E-state index contributed by atoms with van der Waals surface area (Å²) in [7, 11) is 3.40. The molecule has 1 aliphatic carbocycles. The molecule has 19 heavy (non-hydrogen) atoms. The molecule has 1 aromatic carbocycles. The molecule has 1 aliphatic rings. The second kappa shape index (κ2) is 5.72. The summed E-state index contributed by atoms with van der Waals surface area (Å²) < 4.78 is 10.7. The quantitative estimate of drug-likeness (QED) is 0.887. The largest absolute Gasteiger partial charge is 0.497 e. The summed E-state index contributed by atoms with van der Waals surface area (Å²) in [6.07, 6.45) is 5.04. The lowest BCUT2D eigenvalue weighted by atomic mass is 9.75. The molecule has 0 radical (unpaired) electrons. The number of rotatable bonds is 4. The van der Waals surface area contributed by atoms with Gasteiger partial charge in [-0.25, -0.2) is 0 Å². The van der Waals surface area contributed by atoms with E-state index >= 15 is 0 Å². The van der Waals surface area contributed by atoms with Gasteiger partial charge in [0.1, 0.15) is 11.5 Å². The fourth-order valence-corrected chi connectivity index (χ4v) is 2.97. The zero-order valence-corrected chi connectivity index (χ0v) is 12.5. The molecule has 1 unspecified atom stereocenters. The van der Waals surface area contributed by atoms with Crippen LogP contribution in [0.5, 0.6) is 11.5 Å². The Kier molecular flexibility index (Phi) is 4.23. The summed E-state index contributed by atoms with van der Waals surface area (Å²) in [4.78, 5) is 0. The van der Waals surface area contributed by atoms with Crippen LogP contribution in [-0.4, -0.2) is 20.3 Å². The van der Waals surface area contributed by atoms with Crippen molar-refractivity contribution in [3.8, 4) is 11.5 Å². The maximum atomic E-state index is 5.42. The van der Waals surface area contributed by atoms with E-state index in [-0.39, 0.29) is 0 Å². The van der Waals surface area contributed by atoms with Crippen molar-refractivity contribution in [3.63, 3.8) is 0 Å². The molecule has 1 atom stereocenters. The first kappa shape index (κ1) is 14.0. The average Bonchev–Trinajstić information content (AvgIpc) is 2.37. The van der Waals surface area contributed by atoms with Crippen LogP contribution in [0.25, 0.3) is 0 Å². The Balaban J connectivity index is 2.13. The molecule has 0 aliphatic heterocycles. The zero-order valence-electron chi connectivity index (χ0n) is 12.5. The summed E-state index contributed by atoms with van der Waals surface area (Å²) in [6.45, 7) is 4.70. The van der Waals surface area contributed by atoms with E-state index < -0.39 is 0 Å². The molecule has 1 fully saturated rings. The van der Waals surface area contributed by atoms with Gasteiger partial charge in [-0.15, -0.1) is 0 Å². The van der Waals surface area contributed by atoms with Crippen LogP contribution < -0.4 is 14.8 Å². The van der Waals surface area contributed by atoms with Gasteiger partial charge in [-0.3, -0.25) is 0 Å². The standard InChI is InChI=1S/C16H25NO2/c1-16(2)9-5-6-12(11-16)17-14-10-13(18-3)7-8-15(14)19-4/h7-8,10,12,17H,5-6,9,11H2,1-4H3. The van der Waals surface area contributed by atoms with Crippen LogP contribution in [0.15, 0.2) is 18.2 Å². The van der Waals surface area contributed by atoms with Crippen molar-refractivity contribution in [2.24, 2.45) is 5.41 Å². The smallest absolute Gasteiger partial charge is 0.142 e. The average molecular weight is 263 g/mol. The molecule has 0 aromatic heterocycles. The van der Waals surface area contributed by atoms with Crippen LogP contribution in [0.1, 0.15) is 39.5 Å². The minimum absolute atomic E-state index is 0.433. The predicted molar refractivity (Wildman–Crippen MR) is 79.2 cm³/mol. The highest BCUT2D eigenvalue weighted by Gasteiger charge is 2.28. The molecule has 1 N–H and O–H groups in total. The van der Waals surface area contributed by atoms with Crippen LogP contribution >= 0.6 is 0 Å². The highest BCUT2D eigenvalue weighted by molar-refractivity contribution is 5.60. The van der Waals surface area contributed by atoms with Gasteiger partial charge in [-0.1, -0.05) is 20.3 Å². The first-order chi connectivity index (χ1) is 9.04. The molecule has 0 spiro atoms. The maximum absolute atomic E-state index is 5.42. The number of benzene rings is 1. The van der Waals surface area contributed by atoms with E-state index in [0.717, 1.165) is 17.2 Å².